The van der Waals surface area contributed by atoms with Crippen LogP contribution in [0.2, 0.25) is 0 Å². The van der Waals surface area contributed by atoms with Crippen LogP contribution in [0.3, 0.4) is 0 Å². The first-order valence-corrected chi connectivity index (χ1v) is 10.7. The maximum atomic E-state index is 12.5. The molecule has 1 aromatic rings. The van der Waals surface area contributed by atoms with Crippen molar-refractivity contribution in [2.45, 2.75) is 64.8 Å². The van der Waals surface area contributed by atoms with Gasteiger partial charge in [-0.15, -0.1) is 0 Å². The zero-order chi connectivity index (χ0) is 19.1. The van der Waals surface area contributed by atoms with E-state index in [1.54, 1.807) is 0 Å². The highest BCUT2D eigenvalue weighted by molar-refractivity contribution is 5.78. The van der Waals surface area contributed by atoms with Crippen LogP contribution in [0.25, 0.3) is 0 Å². The summed E-state index contributed by atoms with van der Waals surface area (Å²) >= 11 is 0. The number of carbonyl (C=O) groups is 1. The maximum Gasteiger partial charge on any atom is 0.225 e. The van der Waals surface area contributed by atoms with Crippen LogP contribution < -0.4 is 10.2 Å². The second-order valence-electron chi connectivity index (χ2n) is 8.14. The molecule has 0 unspecified atom stereocenters. The number of rotatable bonds is 6. The highest BCUT2D eigenvalue weighted by Crippen LogP contribution is 2.21. The summed E-state index contributed by atoms with van der Waals surface area (Å²) in [6.07, 6.45) is 9.98. The van der Waals surface area contributed by atoms with Crippen molar-refractivity contribution in [1.29, 1.82) is 0 Å². The van der Waals surface area contributed by atoms with E-state index in [9.17, 15) is 4.79 Å². The van der Waals surface area contributed by atoms with E-state index in [1.807, 2.05) is 19.2 Å². The largest absolute Gasteiger partial charge is 0.356 e. The predicted octanol–water partition coefficient (Wildman–Crippen LogP) is 2.77. The molecule has 0 aliphatic carbocycles. The van der Waals surface area contributed by atoms with Crippen molar-refractivity contribution in [3.05, 3.63) is 18.0 Å². The summed E-state index contributed by atoms with van der Waals surface area (Å²) in [6, 6.07) is 2.47. The molecule has 2 aliphatic rings. The summed E-state index contributed by atoms with van der Waals surface area (Å²) in [7, 11) is 0. The fourth-order valence-electron chi connectivity index (χ4n) is 4.20. The summed E-state index contributed by atoms with van der Waals surface area (Å²) in [5.74, 6) is 1.14. The zero-order valence-electron chi connectivity index (χ0n) is 17.0. The van der Waals surface area contributed by atoms with Crippen LogP contribution in [-0.2, 0) is 4.79 Å². The van der Waals surface area contributed by atoms with Crippen molar-refractivity contribution >= 4 is 11.9 Å². The summed E-state index contributed by atoms with van der Waals surface area (Å²) < 4.78 is 0. The number of aryl methyl sites for hydroxylation is 1. The Balaban J connectivity index is 1.37. The number of anilines is 1. The third kappa shape index (κ3) is 5.89. The second-order valence-corrected chi connectivity index (χ2v) is 8.14. The van der Waals surface area contributed by atoms with Crippen LogP contribution >= 0.6 is 0 Å². The maximum absolute atomic E-state index is 12.5. The zero-order valence-corrected chi connectivity index (χ0v) is 17.0. The van der Waals surface area contributed by atoms with Crippen molar-refractivity contribution in [3.63, 3.8) is 0 Å². The van der Waals surface area contributed by atoms with Gasteiger partial charge < -0.3 is 15.1 Å². The molecule has 2 saturated heterocycles. The van der Waals surface area contributed by atoms with E-state index in [0.717, 1.165) is 50.5 Å². The van der Waals surface area contributed by atoms with Crippen molar-refractivity contribution in [2.24, 2.45) is 5.92 Å². The first-order chi connectivity index (χ1) is 13.1. The number of amides is 1. The van der Waals surface area contributed by atoms with E-state index in [0.29, 0.717) is 6.04 Å². The van der Waals surface area contributed by atoms with E-state index in [-0.39, 0.29) is 11.8 Å². The van der Waals surface area contributed by atoms with Crippen LogP contribution in [0, 0.1) is 12.8 Å². The van der Waals surface area contributed by atoms with Crippen molar-refractivity contribution in [3.8, 4) is 0 Å². The molecule has 0 radical (unpaired) electrons. The van der Waals surface area contributed by atoms with Gasteiger partial charge in [0.05, 0.1) is 0 Å². The van der Waals surface area contributed by atoms with Gasteiger partial charge >= 0.3 is 0 Å². The molecular formula is C21H35N5O. The molecular weight excluding hydrogens is 338 g/mol. The Morgan fingerprint density at radius 2 is 1.89 bits per heavy atom. The van der Waals surface area contributed by atoms with E-state index in [4.69, 9.17) is 0 Å². The molecule has 150 valence electrons. The fraction of sp³-hybridized carbons (Fsp3) is 0.762. The second kappa shape index (κ2) is 10.0. The molecule has 1 aromatic heterocycles. The molecule has 1 N–H and O–H groups in total. The Morgan fingerprint density at radius 1 is 1.19 bits per heavy atom. The minimum atomic E-state index is 0.125. The minimum Gasteiger partial charge on any atom is -0.356 e. The lowest BCUT2D eigenvalue weighted by Gasteiger charge is -2.31. The third-order valence-electron chi connectivity index (χ3n) is 6.06. The summed E-state index contributed by atoms with van der Waals surface area (Å²) in [5.41, 5.74) is 0.985. The van der Waals surface area contributed by atoms with Gasteiger partial charge in [0.25, 0.3) is 0 Å². The van der Waals surface area contributed by atoms with Gasteiger partial charge in [0.15, 0.2) is 0 Å². The molecule has 6 heteroatoms. The van der Waals surface area contributed by atoms with Crippen molar-refractivity contribution in [1.82, 2.24) is 20.2 Å². The van der Waals surface area contributed by atoms with Crippen LogP contribution in [0.15, 0.2) is 12.3 Å². The van der Waals surface area contributed by atoms with Crippen LogP contribution in [-0.4, -0.2) is 59.5 Å². The lowest BCUT2D eigenvalue weighted by molar-refractivity contribution is -0.125. The molecule has 0 bridgehead atoms. The monoisotopic (exact) mass is 373 g/mol. The SMILES string of the molecule is Cc1ccnc(N2CCC(C(=O)NCC[C@H](C)N3CCCCCC3)CC2)n1. The van der Waals surface area contributed by atoms with Crippen LogP contribution in [0.4, 0.5) is 5.95 Å². The van der Waals surface area contributed by atoms with Crippen molar-refractivity contribution in [2.75, 3.05) is 37.6 Å². The van der Waals surface area contributed by atoms with E-state index in [2.05, 4.69) is 32.0 Å². The van der Waals surface area contributed by atoms with Gasteiger partial charge in [0.1, 0.15) is 0 Å². The molecule has 0 saturated carbocycles. The number of hydrogen-bond donors (Lipinski definition) is 1. The Bertz CT molecular complexity index is 592. The van der Waals surface area contributed by atoms with Gasteiger partial charge in [-0.1, -0.05) is 12.8 Å². The smallest absolute Gasteiger partial charge is 0.225 e. The quantitative estimate of drug-likeness (QED) is 0.831. The number of hydrogen-bond acceptors (Lipinski definition) is 5. The Hall–Kier alpha value is -1.69. The van der Waals surface area contributed by atoms with Crippen LogP contribution in [0.5, 0.6) is 0 Å². The summed E-state index contributed by atoms with van der Waals surface area (Å²) in [5, 5.41) is 3.19. The lowest BCUT2D eigenvalue weighted by Crippen LogP contribution is -2.42. The molecule has 3 heterocycles. The molecule has 0 aromatic carbocycles. The average molecular weight is 374 g/mol. The number of nitrogens with zero attached hydrogens (tertiary/aromatic N) is 4. The van der Waals surface area contributed by atoms with Crippen molar-refractivity contribution < 1.29 is 4.79 Å². The normalized spacial score (nSPS) is 20.9. The van der Waals surface area contributed by atoms with E-state index < -0.39 is 0 Å². The Kier molecular flexibility index (Phi) is 7.44. The first kappa shape index (κ1) is 20.1. The van der Waals surface area contributed by atoms with E-state index >= 15 is 0 Å². The topological polar surface area (TPSA) is 61.4 Å². The highest BCUT2D eigenvalue weighted by Gasteiger charge is 2.26. The molecule has 2 aliphatic heterocycles. The number of carbonyl (C=O) groups excluding carboxylic acids is 1. The fourth-order valence-corrected chi connectivity index (χ4v) is 4.20. The van der Waals surface area contributed by atoms with Gasteiger partial charge in [-0.05, 0) is 65.1 Å². The molecule has 6 nitrogen and oxygen atoms in total. The number of piperidine rings is 1. The van der Waals surface area contributed by atoms with E-state index in [1.165, 1.54) is 38.8 Å². The average Bonchev–Trinajstić information content (AvgIpc) is 2.97. The lowest BCUT2D eigenvalue weighted by atomic mass is 9.96. The molecule has 3 rings (SSSR count). The predicted molar refractivity (Wildman–Crippen MR) is 109 cm³/mol. The minimum absolute atomic E-state index is 0.125. The van der Waals surface area contributed by atoms with Gasteiger partial charge in [-0.2, -0.15) is 0 Å². The van der Waals surface area contributed by atoms with Crippen LogP contribution in [0.1, 0.15) is 57.6 Å². The standard InChI is InChI=1S/C21H35N5O/c1-17-7-11-23-21(24-17)26-15-9-19(10-16-26)20(27)22-12-8-18(2)25-13-5-3-4-6-14-25/h7,11,18-19H,3-6,8-10,12-16H2,1-2H3,(H,22,27)/t18-/m0/s1. The number of aromatic nitrogens is 2. The van der Waals surface area contributed by atoms with Gasteiger partial charge in [-0.25, -0.2) is 9.97 Å². The third-order valence-corrected chi connectivity index (χ3v) is 6.06. The Morgan fingerprint density at radius 3 is 2.56 bits per heavy atom. The molecule has 1 amide bonds. The molecule has 27 heavy (non-hydrogen) atoms. The molecule has 0 spiro atoms. The summed E-state index contributed by atoms with van der Waals surface area (Å²) in [6.45, 7) is 9.22. The number of likely N-dealkylation sites (tertiary alicyclic amines) is 1. The molecule has 2 fully saturated rings. The summed E-state index contributed by atoms with van der Waals surface area (Å²) in [4.78, 5) is 26.2. The Labute approximate surface area is 163 Å². The highest BCUT2D eigenvalue weighted by atomic mass is 16.1. The van der Waals surface area contributed by atoms with Gasteiger partial charge in [-0.3, -0.25) is 4.79 Å². The van der Waals surface area contributed by atoms with Gasteiger partial charge in [0, 0.05) is 43.5 Å². The number of nitrogens with one attached hydrogen (secondary N) is 1. The first-order valence-electron chi connectivity index (χ1n) is 10.7. The molecule has 1 atom stereocenters. The van der Waals surface area contributed by atoms with Gasteiger partial charge in [0.2, 0.25) is 11.9 Å².